The number of fused-ring (bicyclic) bond motifs is 1. The fourth-order valence-corrected chi connectivity index (χ4v) is 3.11. The summed E-state index contributed by atoms with van der Waals surface area (Å²) in [5.41, 5.74) is 2.81. The van der Waals surface area contributed by atoms with Gasteiger partial charge < -0.3 is 15.3 Å². The highest BCUT2D eigenvalue weighted by Crippen LogP contribution is 2.27. The molecule has 0 radical (unpaired) electrons. The lowest BCUT2D eigenvalue weighted by Gasteiger charge is -2.22. The zero-order valence-electron chi connectivity index (χ0n) is 13.6. The third-order valence-electron chi connectivity index (χ3n) is 4.30. The Morgan fingerprint density at radius 3 is 2.60 bits per heavy atom. The lowest BCUT2D eigenvalue weighted by Crippen LogP contribution is -2.39. The number of carboxylic acid groups (broad SMARTS) is 1. The number of hydrogen-bond donors (Lipinski definition) is 2. The molecule has 130 valence electrons. The first-order valence-electron chi connectivity index (χ1n) is 8.12. The average Bonchev–Trinajstić information content (AvgIpc) is 2.98. The van der Waals surface area contributed by atoms with E-state index in [0.29, 0.717) is 5.56 Å². The van der Waals surface area contributed by atoms with E-state index in [-0.39, 0.29) is 18.9 Å². The maximum atomic E-state index is 13.1. The van der Waals surface area contributed by atoms with E-state index >= 15 is 0 Å². The van der Waals surface area contributed by atoms with Gasteiger partial charge in [-0.15, -0.1) is 0 Å². The minimum absolute atomic E-state index is 0.161. The lowest BCUT2D eigenvalue weighted by atomic mass is 10.0. The van der Waals surface area contributed by atoms with E-state index in [2.05, 4.69) is 5.32 Å². The first kappa shape index (κ1) is 17.0. The highest BCUT2D eigenvalue weighted by Gasteiger charge is 2.23. The van der Waals surface area contributed by atoms with E-state index in [1.165, 1.54) is 29.8 Å². The summed E-state index contributed by atoms with van der Waals surface area (Å²) in [4.78, 5) is 25.5. The molecule has 1 amide bonds. The molecule has 25 heavy (non-hydrogen) atoms. The van der Waals surface area contributed by atoms with Gasteiger partial charge in [0.15, 0.2) is 0 Å². The summed E-state index contributed by atoms with van der Waals surface area (Å²) in [5, 5.41) is 11.8. The van der Waals surface area contributed by atoms with Gasteiger partial charge >= 0.3 is 5.97 Å². The van der Waals surface area contributed by atoms with E-state index in [0.717, 1.165) is 18.7 Å². The average molecular weight is 342 g/mol. The molecule has 0 aliphatic carbocycles. The molecule has 0 saturated heterocycles. The Labute approximate surface area is 145 Å². The number of anilines is 1. The van der Waals surface area contributed by atoms with Crippen molar-refractivity contribution in [2.75, 3.05) is 18.0 Å². The molecule has 3 rings (SSSR count). The first-order chi connectivity index (χ1) is 12.0. The Hall–Kier alpha value is -2.89. The maximum Gasteiger partial charge on any atom is 0.305 e. The number of nitrogens with zero attached hydrogens (tertiary/aromatic N) is 1. The van der Waals surface area contributed by atoms with Crippen LogP contribution >= 0.6 is 0 Å². The van der Waals surface area contributed by atoms with Crippen LogP contribution in [0.3, 0.4) is 0 Å². The van der Waals surface area contributed by atoms with Gasteiger partial charge in [0.25, 0.3) is 0 Å². The van der Waals surface area contributed by atoms with E-state index in [1.54, 1.807) is 0 Å². The van der Waals surface area contributed by atoms with Crippen molar-refractivity contribution in [3.8, 4) is 0 Å². The van der Waals surface area contributed by atoms with E-state index in [4.69, 9.17) is 5.11 Å². The molecule has 1 heterocycles. The topological polar surface area (TPSA) is 69.6 Å². The van der Waals surface area contributed by atoms with Crippen molar-refractivity contribution in [2.24, 2.45) is 0 Å². The van der Waals surface area contributed by atoms with Gasteiger partial charge in [0, 0.05) is 12.2 Å². The number of benzene rings is 2. The molecule has 0 saturated carbocycles. The van der Waals surface area contributed by atoms with Crippen LogP contribution in [-0.4, -0.2) is 30.1 Å². The van der Waals surface area contributed by atoms with Crippen molar-refractivity contribution in [3.05, 3.63) is 65.5 Å². The Balaban J connectivity index is 1.68. The Morgan fingerprint density at radius 1 is 1.16 bits per heavy atom. The number of hydrogen-bond acceptors (Lipinski definition) is 3. The Bertz CT molecular complexity index is 776. The zero-order valence-corrected chi connectivity index (χ0v) is 13.6. The van der Waals surface area contributed by atoms with Crippen LogP contribution in [0.4, 0.5) is 10.1 Å². The lowest BCUT2D eigenvalue weighted by molar-refractivity contribution is -0.137. The number of rotatable bonds is 6. The van der Waals surface area contributed by atoms with Crippen molar-refractivity contribution < 1.29 is 19.1 Å². The molecule has 2 N–H and O–H groups in total. The van der Waals surface area contributed by atoms with Crippen LogP contribution < -0.4 is 10.2 Å². The fourth-order valence-electron chi connectivity index (χ4n) is 3.11. The van der Waals surface area contributed by atoms with Crippen LogP contribution in [-0.2, 0) is 16.0 Å². The summed E-state index contributed by atoms with van der Waals surface area (Å²) in [6.45, 7) is 0.918. The van der Waals surface area contributed by atoms with Gasteiger partial charge in [-0.3, -0.25) is 9.59 Å². The van der Waals surface area contributed by atoms with Crippen molar-refractivity contribution in [1.29, 1.82) is 0 Å². The van der Waals surface area contributed by atoms with Crippen LogP contribution in [0, 0.1) is 5.82 Å². The van der Waals surface area contributed by atoms with Crippen molar-refractivity contribution in [3.63, 3.8) is 0 Å². The Morgan fingerprint density at radius 2 is 1.88 bits per heavy atom. The normalized spacial score (nSPS) is 14.0. The zero-order chi connectivity index (χ0) is 17.8. The number of carbonyl (C=O) groups excluding carboxylic acids is 1. The molecule has 0 fully saturated rings. The predicted octanol–water partition coefficient (Wildman–Crippen LogP) is 2.52. The second-order valence-corrected chi connectivity index (χ2v) is 6.07. The molecule has 6 heteroatoms. The molecular weight excluding hydrogens is 323 g/mol. The SMILES string of the molecule is O=C(O)CC(NC(=O)CN1CCc2ccccc21)c1ccc(F)cc1. The van der Waals surface area contributed by atoms with E-state index in [9.17, 15) is 14.0 Å². The number of para-hydroxylation sites is 1. The number of carboxylic acids is 1. The van der Waals surface area contributed by atoms with Gasteiger partial charge in [-0.05, 0) is 35.7 Å². The molecular formula is C19H19FN2O3. The predicted molar refractivity (Wildman–Crippen MR) is 91.9 cm³/mol. The Kier molecular flexibility index (Phi) is 4.97. The summed E-state index contributed by atoms with van der Waals surface area (Å²) in [5.74, 6) is -1.69. The summed E-state index contributed by atoms with van der Waals surface area (Å²) < 4.78 is 13.1. The van der Waals surface area contributed by atoms with E-state index < -0.39 is 17.8 Å². The first-order valence-corrected chi connectivity index (χ1v) is 8.12. The molecule has 0 spiro atoms. The standard InChI is InChI=1S/C19H19FN2O3/c20-15-7-5-13(6-8-15)16(11-19(24)25)21-18(23)12-22-10-9-14-3-1-2-4-17(14)22/h1-8,16H,9-12H2,(H,21,23)(H,24,25). The van der Waals surface area contributed by atoms with Gasteiger partial charge in [0.05, 0.1) is 19.0 Å². The van der Waals surface area contributed by atoms with Gasteiger partial charge in [-0.25, -0.2) is 4.39 Å². The molecule has 0 bridgehead atoms. The number of carbonyl (C=O) groups is 2. The molecule has 1 aliphatic heterocycles. The highest BCUT2D eigenvalue weighted by molar-refractivity contribution is 5.83. The highest BCUT2D eigenvalue weighted by atomic mass is 19.1. The monoisotopic (exact) mass is 342 g/mol. The molecule has 1 unspecified atom stereocenters. The molecule has 1 atom stereocenters. The van der Waals surface area contributed by atoms with E-state index in [1.807, 2.05) is 29.2 Å². The third-order valence-corrected chi connectivity index (χ3v) is 4.30. The summed E-state index contributed by atoms with van der Waals surface area (Å²) in [7, 11) is 0. The van der Waals surface area contributed by atoms with Crippen LogP contribution in [0.5, 0.6) is 0 Å². The summed E-state index contributed by atoms with van der Waals surface area (Å²) in [6, 6.07) is 12.7. The van der Waals surface area contributed by atoms with Gasteiger partial charge in [0.1, 0.15) is 5.82 Å². The third kappa shape index (κ3) is 4.15. The van der Waals surface area contributed by atoms with Gasteiger partial charge in [0.2, 0.25) is 5.91 Å². The molecule has 2 aromatic carbocycles. The maximum absolute atomic E-state index is 13.1. The minimum Gasteiger partial charge on any atom is -0.481 e. The van der Waals surface area contributed by atoms with Gasteiger partial charge in [-0.1, -0.05) is 30.3 Å². The quantitative estimate of drug-likeness (QED) is 0.846. The second kappa shape index (κ2) is 7.34. The molecule has 1 aliphatic rings. The number of halogens is 1. The minimum atomic E-state index is -1.03. The van der Waals surface area contributed by atoms with Gasteiger partial charge in [-0.2, -0.15) is 0 Å². The van der Waals surface area contributed by atoms with Crippen molar-refractivity contribution in [1.82, 2.24) is 5.32 Å². The van der Waals surface area contributed by atoms with Crippen molar-refractivity contribution >= 4 is 17.6 Å². The molecule has 5 nitrogen and oxygen atoms in total. The fraction of sp³-hybridized carbons (Fsp3) is 0.263. The van der Waals surface area contributed by atoms with Crippen LogP contribution in [0.1, 0.15) is 23.6 Å². The second-order valence-electron chi connectivity index (χ2n) is 6.07. The van der Waals surface area contributed by atoms with Crippen LogP contribution in [0.15, 0.2) is 48.5 Å². The van der Waals surface area contributed by atoms with Crippen molar-refractivity contribution in [2.45, 2.75) is 18.9 Å². The summed E-state index contributed by atoms with van der Waals surface area (Å²) in [6.07, 6.45) is 0.633. The van der Waals surface area contributed by atoms with Crippen LogP contribution in [0.2, 0.25) is 0 Å². The van der Waals surface area contributed by atoms with Crippen LogP contribution in [0.25, 0.3) is 0 Å². The number of amides is 1. The summed E-state index contributed by atoms with van der Waals surface area (Å²) >= 11 is 0. The smallest absolute Gasteiger partial charge is 0.305 e. The molecule has 0 aromatic heterocycles. The largest absolute Gasteiger partial charge is 0.481 e. The number of nitrogens with one attached hydrogen (secondary N) is 1. The number of aliphatic carboxylic acids is 1. The molecule has 2 aromatic rings.